The Kier molecular flexibility index (Phi) is 15.3. The van der Waals surface area contributed by atoms with Crippen molar-refractivity contribution in [3.8, 4) is 0 Å². The summed E-state index contributed by atoms with van der Waals surface area (Å²) in [5.41, 5.74) is 1.66. The van der Waals surface area contributed by atoms with Crippen molar-refractivity contribution in [2.75, 3.05) is 27.7 Å². The van der Waals surface area contributed by atoms with Crippen LogP contribution < -0.4 is 4.89 Å². The number of phosphoric acid groups is 1. The molecule has 31 heavy (non-hydrogen) atoms. The number of quaternary nitrogens is 1. The van der Waals surface area contributed by atoms with Crippen LogP contribution in [0.4, 0.5) is 0 Å². The van der Waals surface area contributed by atoms with Gasteiger partial charge in [-0.1, -0.05) is 75.9 Å². The number of nitrogens with zero attached hydrogens (tertiary/aromatic N) is 1. The molecule has 2 unspecified atom stereocenters. The second kappa shape index (κ2) is 16.4. The predicted octanol–water partition coefficient (Wildman–Crippen LogP) is 6.50. The smallest absolute Gasteiger partial charge is 0.265 e. The molecule has 0 aromatic heterocycles. The molecule has 0 aromatic carbocycles. The maximum Gasteiger partial charge on any atom is 0.265 e. The van der Waals surface area contributed by atoms with Crippen molar-refractivity contribution in [3.63, 3.8) is 0 Å². The Morgan fingerprint density at radius 2 is 1.35 bits per heavy atom. The van der Waals surface area contributed by atoms with Crippen LogP contribution in [0.15, 0.2) is 11.6 Å². The quantitative estimate of drug-likeness (QED) is 0.185. The first-order valence-electron chi connectivity index (χ1n) is 12.9. The van der Waals surface area contributed by atoms with Gasteiger partial charge in [0.25, 0.3) is 7.82 Å². The lowest BCUT2D eigenvalue weighted by molar-refractivity contribution is -0.896. The second-order valence-electron chi connectivity index (χ2n) is 10.4. The molecule has 1 N–H and O–H groups in total. The van der Waals surface area contributed by atoms with Gasteiger partial charge in [-0.2, -0.15) is 0 Å². The van der Waals surface area contributed by atoms with Gasteiger partial charge in [0.2, 0.25) is 0 Å². The fourth-order valence-corrected chi connectivity index (χ4v) is 4.87. The molecule has 0 bridgehead atoms. The molecular weight excluding hydrogens is 409 g/mol. The maximum absolute atomic E-state index is 11.0. The summed E-state index contributed by atoms with van der Waals surface area (Å²) in [4.78, 5) is 19.9. The molecule has 0 spiro atoms. The maximum atomic E-state index is 11.0. The zero-order chi connectivity index (χ0) is 23.0. The Bertz CT molecular complexity index is 506. The van der Waals surface area contributed by atoms with E-state index in [9.17, 15) is 9.46 Å². The van der Waals surface area contributed by atoms with E-state index in [1.807, 2.05) is 21.1 Å². The van der Waals surface area contributed by atoms with Crippen molar-refractivity contribution in [3.05, 3.63) is 11.6 Å². The van der Waals surface area contributed by atoms with Crippen LogP contribution in [0.25, 0.3) is 0 Å². The molecule has 0 radical (unpaired) electrons. The molecule has 2 atom stereocenters. The second-order valence-corrected chi connectivity index (χ2v) is 11.6. The van der Waals surface area contributed by atoms with E-state index in [1.165, 1.54) is 89.9 Å². The van der Waals surface area contributed by atoms with Crippen molar-refractivity contribution in [2.24, 2.45) is 0 Å². The first kappa shape index (κ1) is 28.8. The molecule has 0 heterocycles. The Morgan fingerprint density at radius 1 is 0.903 bits per heavy atom. The average molecular weight is 460 g/mol. The first-order valence-corrected chi connectivity index (χ1v) is 14.4. The highest BCUT2D eigenvalue weighted by atomic mass is 31.2. The van der Waals surface area contributed by atoms with Gasteiger partial charge in [-0.3, -0.25) is 4.57 Å². The Hall–Kier alpha value is -0.190. The number of likely N-dealkylation sites (N-methyl/N-ethyl adjacent to an activating group) is 1. The van der Waals surface area contributed by atoms with Crippen LogP contribution in [0.1, 0.15) is 116 Å². The van der Waals surface area contributed by atoms with Crippen molar-refractivity contribution < 1.29 is 23.4 Å². The summed E-state index contributed by atoms with van der Waals surface area (Å²) in [6.07, 6.45) is 25.9. The number of rotatable bonds is 9. The molecule has 5 nitrogen and oxygen atoms in total. The van der Waals surface area contributed by atoms with Crippen LogP contribution in [-0.4, -0.2) is 43.2 Å². The molecule has 0 aromatic rings. The Labute approximate surface area is 192 Å². The molecular formula is C25H50NO4P. The van der Waals surface area contributed by atoms with Gasteiger partial charge in [-0.25, -0.2) is 0 Å². The Morgan fingerprint density at radius 3 is 1.77 bits per heavy atom. The lowest BCUT2D eigenvalue weighted by atomic mass is 9.98. The van der Waals surface area contributed by atoms with Crippen LogP contribution in [-0.2, 0) is 9.09 Å². The normalized spacial score (nSPS) is 21.5. The highest BCUT2D eigenvalue weighted by Crippen LogP contribution is 2.31. The Balaban J connectivity index is 2.41. The molecule has 1 rings (SSSR count). The van der Waals surface area contributed by atoms with Gasteiger partial charge in [0.1, 0.15) is 12.6 Å². The van der Waals surface area contributed by atoms with E-state index >= 15 is 0 Å². The third-order valence-corrected chi connectivity index (χ3v) is 7.17. The fraction of sp³-hybridized carbons (Fsp3) is 0.920. The third kappa shape index (κ3) is 17.0. The topological polar surface area (TPSA) is 69.6 Å². The minimum Gasteiger partial charge on any atom is -0.756 e. The van der Waals surface area contributed by atoms with E-state index in [4.69, 9.17) is 4.89 Å². The van der Waals surface area contributed by atoms with Gasteiger partial charge < -0.3 is 18.8 Å². The number of hydrogen-bond donors (Lipinski definition) is 1. The fourth-order valence-electron chi connectivity index (χ4n) is 4.51. The number of phosphoric ester groups is 1. The minimum absolute atomic E-state index is 0.0435. The van der Waals surface area contributed by atoms with Gasteiger partial charge in [-0.05, 0) is 44.9 Å². The van der Waals surface area contributed by atoms with Crippen LogP contribution in [0.3, 0.4) is 0 Å². The van der Waals surface area contributed by atoms with Gasteiger partial charge in [0.05, 0.1) is 21.1 Å². The van der Waals surface area contributed by atoms with Crippen LogP contribution in [0.2, 0.25) is 0 Å². The van der Waals surface area contributed by atoms with Crippen LogP contribution >= 0.6 is 7.82 Å². The van der Waals surface area contributed by atoms with E-state index in [-0.39, 0.29) is 12.6 Å². The summed E-state index contributed by atoms with van der Waals surface area (Å²) >= 11 is 0. The zero-order valence-electron chi connectivity index (χ0n) is 20.7. The standard InChI is InChI=1S/C25H50NO4P/c1-26(2,3)25(23-30-31(27,28)29)22-18-14-17-21-24-19-15-12-10-8-6-4-5-7-9-11-13-16-20-24/h21,25H,4-20,22-23H2,1-3H3,(H-,27,28,29). The van der Waals surface area contributed by atoms with Gasteiger partial charge in [0.15, 0.2) is 0 Å². The minimum atomic E-state index is -4.65. The third-order valence-electron chi connectivity index (χ3n) is 6.70. The molecule has 1 aliphatic carbocycles. The molecule has 1 aliphatic rings. The number of unbranched alkanes of at least 4 members (excludes halogenated alkanes) is 2. The van der Waals surface area contributed by atoms with E-state index in [0.717, 1.165) is 25.7 Å². The highest BCUT2D eigenvalue weighted by Gasteiger charge is 2.24. The largest absolute Gasteiger partial charge is 0.756 e. The predicted molar refractivity (Wildman–Crippen MR) is 129 cm³/mol. The van der Waals surface area contributed by atoms with Crippen LogP contribution in [0.5, 0.6) is 0 Å². The van der Waals surface area contributed by atoms with Gasteiger partial charge in [-0.15, -0.1) is 0 Å². The molecule has 0 saturated heterocycles. The van der Waals surface area contributed by atoms with E-state index in [2.05, 4.69) is 10.6 Å². The van der Waals surface area contributed by atoms with Gasteiger partial charge >= 0.3 is 0 Å². The number of hydrogen-bond acceptors (Lipinski definition) is 3. The summed E-state index contributed by atoms with van der Waals surface area (Å²) in [6, 6.07) is 0.0560. The summed E-state index contributed by atoms with van der Waals surface area (Å²) in [6.45, 7) is 0.0435. The summed E-state index contributed by atoms with van der Waals surface area (Å²) in [5.74, 6) is 0. The molecule has 6 heteroatoms. The summed E-state index contributed by atoms with van der Waals surface area (Å²) < 4.78 is 16.3. The van der Waals surface area contributed by atoms with Crippen LogP contribution in [0, 0.1) is 0 Å². The van der Waals surface area contributed by atoms with Crippen molar-refractivity contribution >= 4 is 7.82 Å². The average Bonchev–Trinajstić information content (AvgIpc) is 2.68. The SMILES string of the molecule is C[N+](C)(C)C(CCCCC=C1CCCCCCCCCCCCCC1)COP(=O)([O-])O. The van der Waals surface area contributed by atoms with Crippen molar-refractivity contribution in [1.29, 1.82) is 0 Å². The van der Waals surface area contributed by atoms with E-state index in [0.29, 0.717) is 4.48 Å². The molecule has 1 fully saturated rings. The van der Waals surface area contributed by atoms with Crippen molar-refractivity contribution in [2.45, 2.75) is 122 Å². The van der Waals surface area contributed by atoms with Gasteiger partial charge in [0, 0.05) is 6.42 Å². The summed E-state index contributed by atoms with van der Waals surface area (Å²) in [7, 11) is 1.48. The van der Waals surface area contributed by atoms with Crippen molar-refractivity contribution in [1.82, 2.24) is 0 Å². The first-order chi connectivity index (χ1) is 14.7. The van der Waals surface area contributed by atoms with E-state index < -0.39 is 7.82 Å². The number of allylic oxidation sites excluding steroid dienone is 2. The molecule has 0 aliphatic heterocycles. The lowest BCUT2D eigenvalue weighted by Gasteiger charge is -2.35. The monoisotopic (exact) mass is 459 g/mol. The molecule has 184 valence electrons. The molecule has 0 amide bonds. The lowest BCUT2D eigenvalue weighted by Crippen LogP contribution is -2.47. The van der Waals surface area contributed by atoms with E-state index in [1.54, 1.807) is 5.57 Å². The highest BCUT2D eigenvalue weighted by molar-refractivity contribution is 7.44. The summed E-state index contributed by atoms with van der Waals surface area (Å²) in [5, 5.41) is 0. The zero-order valence-corrected chi connectivity index (χ0v) is 21.6. The molecule has 1 saturated carbocycles.